The van der Waals surface area contributed by atoms with Crippen LogP contribution in [0.25, 0.3) is 0 Å². The van der Waals surface area contributed by atoms with E-state index in [-0.39, 0.29) is 44.0 Å². The summed E-state index contributed by atoms with van der Waals surface area (Å²) in [6, 6.07) is 0. The molecule has 0 bridgehead atoms. The van der Waals surface area contributed by atoms with Crippen LogP contribution in [0.5, 0.6) is 0 Å². The number of unbranched alkanes of at least 4 members (excludes halogenated alkanes) is 15. The minimum Gasteiger partial charge on any atom is -0.462 e. The molecule has 0 N–H and O–H groups in total. The van der Waals surface area contributed by atoms with Gasteiger partial charge < -0.3 is 14.2 Å². The molecule has 0 aliphatic heterocycles. The predicted octanol–water partition coefficient (Wildman–Crippen LogP) is 16.8. The summed E-state index contributed by atoms with van der Waals surface area (Å²) in [5.41, 5.74) is 0. The summed E-state index contributed by atoms with van der Waals surface area (Å²) in [7, 11) is 0. The summed E-state index contributed by atoms with van der Waals surface area (Å²) < 4.78 is 16.7. The zero-order chi connectivity index (χ0) is 45.8. The van der Waals surface area contributed by atoms with E-state index in [9.17, 15) is 14.4 Å². The van der Waals surface area contributed by atoms with E-state index in [1.54, 1.807) is 0 Å². The second-order valence-electron chi connectivity index (χ2n) is 16.3. The first-order valence-electron chi connectivity index (χ1n) is 25.4. The molecule has 0 saturated heterocycles. The minimum atomic E-state index is -0.824. The van der Waals surface area contributed by atoms with Crippen molar-refractivity contribution in [3.05, 3.63) is 109 Å². The third-order valence-corrected chi connectivity index (χ3v) is 10.3. The van der Waals surface area contributed by atoms with Gasteiger partial charge in [-0.25, -0.2) is 0 Å². The second-order valence-corrected chi connectivity index (χ2v) is 16.3. The number of hydrogen-bond acceptors (Lipinski definition) is 6. The Kier molecular flexibility index (Phi) is 47.5. The van der Waals surface area contributed by atoms with E-state index >= 15 is 0 Å². The molecule has 1 unspecified atom stereocenters. The highest BCUT2D eigenvalue weighted by molar-refractivity contribution is 5.71. The molecule has 0 heterocycles. The molecule has 0 aromatic carbocycles. The average molecular weight is 873 g/mol. The van der Waals surface area contributed by atoms with Crippen molar-refractivity contribution in [2.24, 2.45) is 0 Å². The summed E-state index contributed by atoms with van der Waals surface area (Å²) in [5, 5.41) is 0. The van der Waals surface area contributed by atoms with Crippen LogP contribution in [0, 0.1) is 0 Å². The fourth-order valence-electron chi connectivity index (χ4n) is 6.54. The molecular formula is C57H92O6. The number of carbonyl (C=O) groups excluding carboxylic acids is 3. The van der Waals surface area contributed by atoms with E-state index in [1.165, 1.54) is 64.2 Å². The molecule has 63 heavy (non-hydrogen) atoms. The second kappa shape index (κ2) is 50.7. The zero-order valence-corrected chi connectivity index (χ0v) is 40.5. The highest BCUT2D eigenvalue weighted by Crippen LogP contribution is 2.14. The summed E-state index contributed by atoms with van der Waals surface area (Å²) in [5.74, 6) is -1.04. The Bertz CT molecular complexity index is 1330. The van der Waals surface area contributed by atoms with Crippen molar-refractivity contribution < 1.29 is 28.6 Å². The maximum Gasteiger partial charge on any atom is 0.306 e. The van der Waals surface area contributed by atoms with Crippen LogP contribution in [0.3, 0.4) is 0 Å². The molecule has 0 aromatic rings. The van der Waals surface area contributed by atoms with Gasteiger partial charge in [0.25, 0.3) is 0 Å². The fraction of sp³-hybridized carbons (Fsp3) is 0.632. The van der Waals surface area contributed by atoms with E-state index in [0.717, 1.165) is 96.3 Å². The summed E-state index contributed by atoms with van der Waals surface area (Å²) in [6.07, 6.45) is 68.0. The van der Waals surface area contributed by atoms with Gasteiger partial charge in [-0.05, 0) is 89.9 Å². The Morgan fingerprint density at radius 2 is 0.651 bits per heavy atom. The molecule has 0 saturated carbocycles. The highest BCUT2D eigenvalue weighted by atomic mass is 16.6. The Hall–Kier alpha value is -3.93. The first kappa shape index (κ1) is 59.1. The molecule has 0 aromatic heterocycles. The molecule has 6 nitrogen and oxygen atoms in total. The number of esters is 3. The lowest BCUT2D eigenvalue weighted by Crippen LogP contribution is -2.30. The number of rotatable bonds is 44. The van der Waals surface area contributed by atoms with Gasteiger partial charge in [0.1, 0.15) is 13.2 Å². The van der Waals surface area contributed by atoms with Gasteiger partial charge in [0.2, 0.25) is 0 Å². The lowest BCUT2D eigenvalue weighted by Gasteiger charge is -2.18. The standard InChI is InChI=1S/C57H92O6/c1-4-7-10-13-16-19-22-25-27-29-32-35-38-41-44-47-50-56(59)62-53-54(52-61-55(58)49-46-43-40-37-34-31-24-21-18-15-12-9-6-3)63-57(60)51-48-45-42-39-36-33-30-28-26-23-20-17-14-11-8-5-2/h7-8,10-11,16-17,19-20,25-28,32-33,35-36,41,44,54H,4-6,9,12-15,18,21-24,29-31,34,37-40,42-43,45-53H2,1-3H3/b10-7-,11-8-,19-16-,20-17-,27-25-,28-26-,35-32-,36-33-,44-41-. The van der Waals surface area contributed by atoms with Crippen LogP contribution >= 0.6 is 0 Å². The molecule has 0 fully saturated rings. The molecule has 0 rings (SSSR count). The lowest BCUT2D eigenvalue weighted by atomic mass is 10.0. The van der Waals surface area contributed by atoms with Crippen LogP contribution in [0.4, 0.5) is 0 Å². The quantitative estimate of drug-likeness (QED) is 0.0263. The SMILES string of the molecule is CC/C=C\C/C=C\C/C=C\C/C=C\C/C=C\CCC(=O)OCC(COC(=O)CCCCCCCCCCCCCCC)OC(=O)CCCCC/C=C\C/C=C\C/C=C\C/C=C\CC. The number of hydrogen-bond donors (Lipinski definition) is 0. The smallest absolute Gasteiger partial charge is 0.306 e. The number of ether oxygens (including phenoxy) is 3. The van der Waals surface area contributed by atoms with Crippen molar-refractivity contribution in [3.8, 4) is 0 Å². The van der Waals surface area contributed by atoms with Crippen molar-refractivity contribution in [2.45, 2.75) is 219 Å². The van der Waals surface area contributed by atoms with Crippen molar-refractivity contribution >= 4 is 17.9 Å². The largest absolute Gasteiger partial charge is 0.462 e. The number of allylic oxidation sites excluding steroid dienone is 18. The molecule has 0 amide bonds. The molecule has 1 atom stereocenters. The third-order valence-electron chi connectivity index (χ3n) is 10.3. The molecule has 0 aliphatic rings. The van der Waals surface area contributed by atoms with Crippen LogP contribution in [-0.4, -0.2) is 37.2 Å². The van der Waals surface area contributed by atoms with Gasteiger partial charge in [-0.15, -0.1) is 0 Å². The summed E-state index contributed by atoms with van der Waals surface area (Å²) >= 11 is 0. The van der Waals surface area contributed by atoms with Gasteiger partial charge in [0.05, 0.1) is 0 Å². The van der Waals surface area contributed by atoms with Gasteiger partial charge in [-0.2, -0.15) is 0 Å². The minimum absolute atomic E-state index is 0.114. The van der Waals surface area contributed by atoms with Crippen molar-refractivity contribution in [3.63, 3.8) is 0 Å². The Morgan fingerprint density at radius 3 is 1.06 bits per heavy atom. The van der Waals surface area contributed by atoms with Crippen molar-refractivity contribution in [1.29, 1.82) is 0 Å². The van der Waals surface area contributed by atoms with Crippen LogP contribution in [0.15, 0.2) is 109 Å². The summed E-state index contributed by atoms with van der Waals surface area (Å²) in [6.45, 7) is 6.30. The average Bonchev–Trinajstić information content (AvgIpc) is 3.28. The van der Waals surface area contributed by atoms with E-state index in [0.29, 0.717) is 19.3 Å². The Balaban J connectivity index is 4.56. The molecule has 0 aliphatic carbocycles. The van der Waals surface area contributed by atoms with E-state index in [4.69, 9.17) is 14.2 Å². The summed E-state index contributed by atoms with van der Waals surface area (Å²) in [4.78, 5) is 37.9. The van der Waals surface area contributed by atoms with Crippen LogP contribution in [0.2, 0.25) is 0 Å². The van der Waals surface area contributed by atoms with Gasteiger partial charge in [-0.3, -0.25) is 14.4 Å². The third kappa shape index (κ3) is 49.0. The zero-order valence-electron chi connectivity index (χ0n) is 40.5. The topological polar surface area (TPSA) is 78.9 Å². The van der Waals surface area contributed by atoms with Crippen LogP contribution in [-0.2, 0) is 28.6 Å². The lowest BCUT2D eigenvalue weighted by molar-refractivity contribution is -0.166. The van der Waals surface area contributed by atoms with Gasteiger partial charge in [0.15, 0.2) is 6.10 Å². The van der Waals surface area contributed by atoms with Crippen LogP contribution < -0.4 is 0 Å². The maximum absolute atomic E-state index is 12.8. The Morgan fingerprint density at radius 1 is 0.333 bits per heavy atom. The normalized spacial score (nSPS) is 13.0. The van der Waals surface area contributed by atoms with Crippen molar-refractivity contribution in [1.82, 2.24) is 0 Å². The highest BCUT2D eigenvalue weighted by Gasteiger charge is 2.19. The van der Waals surface area contributed by atoms with E-state index in [1.807, 2.05) is 12.2 Å². The first-order valence-corrected chi connectivity index (χ1v) is 25.4. The number of carbonyl (C=O) groups is 3. The molecule has 0 spiro atoms. The molecule has 6 heteroatoms. The van der Waals surface area contributed by atoms with E-state index in [2.05, 4.69) is 118 Å². The van der Waals surface area contributed by atoms with Gasteiger partial charge >= 0.3 is 17.9 Å². The van der Waals surface area contributed by atoms with Gasteiger partial charge in [-0.1, -0.05) is 214 Å². The fourth-order valence-corrected chi connectivity index (χ4v) is 6.54. The van der Waals surface area contributed by atoms with Crippen LogP contribution in [0.1, 0.15) is 213 Å². The maximum atomic E-state index is 12.8. The first-order chi connectivity index (χ1) is 31.0. The van der Waals surface area contributed by atoms with E-state index < -0.39 is 6.10 Å². The Labute approximate surface area is 387 Å². The molecule has 0 radical (unpaired) electrons. The molecular weight excluding hydrogens is 781 g/mol. The monoisotopic (exact) mass is 873 g/mol. The molecule has 356 valence electrons. The van der Waals surface area contributed by atoms with Crippen molar-refractivity contribution in [2.75, 3.05) is 13.2 Å². The predicted molar refractivity (Wildman–Crippen MR) is 270 cm³/mol. The van der Waals surface area contributed by atoms with Gasteiger partial charge in [0, 0.05) is 19.3 Å².